The lowest BCUT2D eigenvalue weighted by molar-refractivity contribution is -0.122. The zero-order chi connectivity index (χ0) is 20.1. The summed E-state index contributed by atoms with van der Waals surface area (Å²) in [5, 5.41) is 2.77. The van der Waals surface area contributed by atoms with Gasteiger partial charge in [-0.1, -0.05) is 0 Å². The first kappa shape index (κ1) is 19.0. The molecule has 1 saturated carbocycles. The van der Waals surface area contributed by atoms with E-state index < -0.39 is 23.8 Å². The number of thioether (sulfide) groups is 1. The molecule has 2 unspecified atom stereocenters. The largest absolute Gasteiger partial charge is 0.442 e. The number of hydrogen-bond acceptors (Lipinski definition) is 5. The van der Waals surface area contributed by atoms with Gasteiger partial charge in [0, 0.05) is 41.6 Å². The van der Waals surface area contributed by atoms with Crippen molar-refractivity contribution in [3.05, 3.63) is 23.8 Å². The van der Waals surface area contributed by atoms with E-state index in [1.54, 1.807) is 0 Å². The number of carbonyl (C=O) groups excluding carboxylic acids is 2. The van der Waals surface area contributed by atoms with Crippen LogP contribution in [0.5, 0.6) is 0 Å². The average Bonchev–Trinajstić information content (AvgIpc) is 3.43. The Morgan fingerprint density at radius 1 is 1.14 bits per heavy atom. The highest BCUT2D eigenvalue weighted by molar-refractivity contribution is 7.99. The van der Waals surface area contributed by atoms with Crippen molar-refractivity contribution in [1.29, 1.82) is 0 Å². The van der Waals surface area contributed by atoms with Gasteiger partial charge in [0.05, 0.1) is 18.8 Å². The maximum absolute atomic E-state index is 15.0. The molecule has 0 aromatic heterocycles. The Bertz CT molecular complexity index is 811. The number of benzene rings is 1. The average molecular weight is 423 g/mol. The van der Waals surface area contributed by atoms with E-state index in [9.17, 15) is 18.4 Å². The second-order valence-electron chi connectivity index (χ2n) is 8.22. The Morgan fingerprint density at radius 3 is 2.41 bits per heavy atom. The maximum atomic E-state index is 15.0. The molecule has 3 saturated heterocycles. The van der Waals surface area contributed by atoms with Gasteiger partial charge < -0.3 is 15.0 Å². The first-order chi connectivity index (χ1) is 14.0. The smallest absolute Gasteiger partial charge is 0.414 e. The van der Waals surface area contributed by atoms with Crippen molar-refractivity contribution in [3.8, 4) is 0 Å². The van der Waals surface area contributed by atoms with Crippen LogP contribution in [0.3, 0.4) is 0 Å². The molecule has 3 aliphatic heterocycles. The van der Waals surface area contributed by atoms with Gasteiger partial charge in [0.15, 0.2) is 11.6 Å². The lowest BCUT2D eigenvalue weighted by atomic mass is 10.1. The maximum Gasteiger partial charge on any atom is 0.414 e. The summed E-state index contributed by atoms with van der Waals surface area (Å²) in [6, 6.07) is 2.74. The molecule has 1 aromatic carbocycles. The summed E-state index contributed by atoms with van der Waals surface area (Å²) in [5.41, 5.74) is 0.158. The minimum atomic E-state index is -0.656. The third-order valence-corrected chi connectivity index (χ3v) is 7.38. The summed E-state index contributed by atoms with van der Waals surface area (Å²) >= 11 is 1.83. The summed E-state index contributed by atoms with van der Waals surface area (Å²) in [7, 11) is 0. The van der Waals surface area contributed by atoms with E-state index in [4.69, 9.17) is 4.74 Å². The highest BCUT2D eigenvalue weighted by Gasteiger charge is 2.40. The summed E-state index contributed by atoms with van der Waals surface area (Å²) in [6.45, 7) is 0.350. The van der Waals surface area contributed by atoms with E-state index in [2.05, 4.69) is 5.32 Å². The van der Waals surface area contributed by atoms with Crippen LogP contribution in [0.2, 0.25) is 0 Å². The Balaban J connectivity index is 1.31. The van der Waals surface area contributed by atoms with Crippen molar-refractivity contribution in [2.24, 2.45) is 5.92 Å². The van der Waals surface area contributed by atoms with Gasteiger partial charge in [-0.2, -0.15) is 11.8 Å². The van der Waals surface area contributed by atoms with Crippen molar-refractivity contribution >= 4 is 35.1 Å². The number of hydrogen-bond donors (Lipinski definition) is 1. The van der Waals surface area contributed by atoms with Crippen LogP contribution in [0.15, 0.2) is 12.1 Å². The van der Waals surface area contributed by atoms with Crippen LogP contribution in [-0.4, -0.2) is 54.8 Å². The van der Waals surface area contributed by atoms with Crippen molar-refractivity contribution in [3.63, 3.8) is 0 Å². The monoisotopic (exact) mass is 423 g/mol. The third-order valence-electron chi connectivity index (χ3n) is 6.14. The molecule has 2 amide bonds. The summed E-state index contributed by atoms with van der Waals surface area (Å²) < 4.78 is 35.2. The number of carbonyl (C=O) groups is 2. The standard InChI is InChI=1S/C20H23F2N3O3S/c21-16-5-14(6-17(22)18(16)25-12-3-4-13(25)10-29-9-12)24-8-15(28-20(24)27)7-23-19(26)11-1-2-11/h5-6,11-13,15H,1-4,7-10H2,(H,23,26)/t12?,13?,15-/m0/s1. The first-order valence-electron chi connectivity index (χ1n) is 10.1. The zero-order valence-corrected chi connectivity index (χ0v) is 16.7. The highest BCUT2D eigenvalue weighted by Crippen LogP contribution is 2.41. The molecule has 0 radical (unpaired) electrons. The number of ether oxygens (including phenoxy) is 1. The fraction of sp³-hybridized carbons (Fsp3) is 0.600. The summed E-state index contributed by atoms with van der Waals surface area (Å²) in [6.07, 6.45) is 2.49. The summed E-state index contributed by atoms with van der Waals surface area (Å²) in [4.78, 5) is 27.1. The topological polar surface area (TPSA) is 61.9 Å². The zero-order valence-electron chi connectivity index (χ0n) is 15.9. The molecule has 4 aliphatic rings. The number of halogens is 2. The molecule has 5 rings (SSSR count). The Labute approximate surface area is 171 Å². The van der Waals surface area contributed by atoms with E-state index in [0.717, 1.165) is 37.2 Å². The van der Waals surface area contributed by atoms with E-state index in [1.165, 1.54) is 17.0 Å². The van der Waals surface area contributed by atoms with Crippen LogP contribution in [0, 0.1) is 17.6 Å². The number of nitrogens with zero attached hydrogens (tertiary/aromatic N) is 2. The molecule has 4 fully saturated rings. The van der Waals surface area contributed by atoms with Crippen LogP contribution in [-0.2, 0) is 9.53 Å². The minimum absolute atomic E-state index is 0.0161. The normalized spacial score (nSPS) is 28.6. The minimum Gasteiger partial charge on any atom is -0.442 e. The van der Waals surface area contributed by atoms with Crippen molar-refractivity contribution in [2.45, 2.75) is 43.9 Å². The molecule has 3 heterocycles. The van der Waals surface area contributed by atoms with Crippen LogP contribution in [0.25, 0.3) is 0 Å². The quantitative estimate of drug-likeness (QED) is 0.789. The predicted molar refractivity (Wildman–Crippen MR) is 106 cm³/mol. The van der Waals surface area contributed by atoms with Gasteiger partial charge in [-0.3, -0.25) is 9.69 Å². The number of nitrogens with one attached hydrogen (secondary N) is 1. The SMILES string of the molecule is O=C(NC[C@H]1CN(c2cc(F)c(N3C4CCC3CSC4)c(F)c2)C(=O)O1)C1CC1. The van der Waals surface area contributed by atoms with Gasteiger partial charge in [0.1, 0.15) is 11.8 Å². The van der Waals surface area contributed by atoms with Crippen LogP contribution in [0.1, 0.15) is 25.7 Å². The lowest BCUT2D eigenvalue weighted by Crippen LogP contribution is -2.43. The Morgan fingerprint density at radius 2 is 1.79 bits per heavy atom. The van der Waals surface area contributed by atoms with Gasteiger partial charge >= 0.3 is 6.09 Å². The molecule has 3 atom stereocenters. The number of anilines is 2. The van der Waals surface area contributed by atoms with Crippen LogP contribution < -0.4 is 15.1 Å². The number of rotatable bonds is 5. The van der Waals surface area contributed by atoms with E-state index in [0.29, 0.717) is 0 Å². The van der Waals surface area contributed by atoms with E-state index in [-0.39, 0.29) is 48.4 Å². The highest BCUT2D eigenvalue weighted by atomic mass is 32.2. The molecule has 0 spiro atoms. The second kappa shape index (κ2) is 7.34. The van der Waals surface area contributed by atoms with E-state index in [1.807, 2.05) is 16.7 Å². The van der Waals surface area contributed by atoms with E-state index >= 15 is 0 Å². The van der Waals surface area contributed by atoms with Crippen molar-refractivity contribution in [2.75, 3.05) is 34.4 Å². The fourth-order valence-corrected chi connectivity index (χ4v) is 5.83. The van der Waals surface area contributed by atoms with Gasteiger partial charge in [-0.25, -0.2) is 13.6 Å². The molecular formula is C20H23F2N3O3S. The first-order valence-corrected chi connectivity index (χ1v) is 11.3. The number of cyclic esters (lactones) is 1. The molecule has 1 aromatic rings. The number of amides is 2. The Hall–Kier alpha value is -2.03. The summed E-state index contributed by atoms with van der Waals surface area (Å²) in [5.74, 6) is 0.495. The molecule has 6 nitrogen and oxygen atoms in total. The molecule has 156 valence electrons. The van der Waals surface area contributed by atoms with Gasteiger partial charge in [-0.15, -0.1) is 0 Å². The molecule has 9 heteroatoms. The molecule has 1 N–H and O–H groups in total. The fourth-order valence-electron chi connectivity index (χ4n) is 4.49. The van der Waals surface area contributed by atoms with Crippen LogP contribution >= 0.6 is 11.8 Å². The predicted octanol–water partition coefficient (Wildman–Crippen LogP) is 2.90. The molecular weight excluding hydrogens is 400 g/mol. The third kappa shape index (κ3) is 3.53. The second-order valence-corrected chi connectivity index (χ2v) is 9.30. The van der Waals surface area contributed by atoms with Crippen molar-refractivity contribution in [1.82, 2.24) is 5.32 Å². The molecule has 2 bridgehead atoms. The lowest BCUT2D eigenvalue weighted by Gasteiger charge is -2.37. The van der Waals surface area contributed by atoms with Crippen molar-refractivity contribution < 1.29 is 23.1 Å². The van der Waals surface area contributed by atoms with Gasteiger partial charge in [-0.05, 0) is 25.7 Å². The van der Waals surface area contributed by atoms with Gasteiger partial charge in [0.25, 0.3) is 0 Å². The Kier molecular flexibility index (Phi) is 4.80. The number of fused-ring (bicyclic) bond motifs is 2. The molecule has 29 heavy (non-hydrogen) atoms. The van der Waals surface area contributed by atoms with Crippen LogP contribution in [0.4, 0.5) is 25.0 Å². The molecule has 1 aliphatic carbocycles. The van der Waals surface area contributed by atoms with Gasteiger partial charge in [0.2, 0.25) is 5.91 Å².